The van der Waals surface area contributed by atoms with Crippen molar-refractivity contribution in [2.45, 2.75) is 155 Å². The molecule has 2 atom stereocenters. The summed E-state index contributed by atoms with van der Waals surface area (Å²) < 4.78 is 4.98. The number of aliphatic carboxylic acids is 1. The van der Waals surface area contributed by atoms with Gasteiger partial charge in [0.1, 0.15) is 0 Å². The number of carboxylic acids is 1. The van der Waals surface area contributed by atoms with E-state index < -0.39 is 17.8 Å². The first kappa shape index (κ1) is 33.7. The molecule has 0 amide bonds. The molecule has 2 unspecified atom stereocenters. The number of esters is 1. The third-order valence-corrected chi connectivity index (χ3v) is 7.20. The smallest absolute Gasteiger partial charge is 0.309 e. The lowest BCUT2D eigenvalue weighted by atomic mass is 9.84. The van der Waals surface area contributed by atoms with Crippen LogP contribution in [0.2, 0.25) is 0 Å². The van der Waals surface area contributed by atoms with Crippen molar-refractivity contribution in [2.75, 3.05) is 7.11 Å². The van der Waals surface area contributed by atoms with Crippen LogP contribution in [0, 0.1) is 11.8 Å². The molecule has 0 aromatic heterocycles. The highest BCUT2D eigenvalue weighted by Gasteiger charge is 2.33. The second-order valence-electron chi connectivity index (χ2n) is 10.4. The van der Waals surface area contributed by atoms with Gasteiger partial charge in [-0.2, -0.15) is 0 Å². The van der Waals surface area contributed by atoms with Gasteiger partial charge in [0.15, 0.2) is 0 Å². The Labute approximate surface area is 217 Å². The molecule has 0 bridgehead atoms. The minimum Gasteiger partial charge on any atom is -0.481 e. The minimum absolute atomic E-state index is 0.351. The van der Waals surface area contributed by atoms with Gasteiger partial charge in [-0.25, -0.2) is 0 Å². The largest absolute Gasteiger partial charge is 0.481 e. The van der Waals surface area contributed by atoms with Crippen LogP contribution in [0.1, 0.15) is 155 Å². The summed E-state index contributed by atoms with van der Waals surface area (Å²) in [4.78, 5) is 24.3. The molecule has 0 fully saturated rings. The monoisotopic (exact) mass is 494 g/mol. The Bertz CT molecular complexity index is 514. The van der Waals surface area contributed by atoms with Crippen molar-refractivity contribution in [2.24, 2.45) is 11.8 Å². The van der Waals surface area contributed by atoms with Crippen LogP contribution in [0.4, 0.5) is 0 Å². The van der Waals surface area contributed by atoms with Crippen molar-refractivity contribution in [1.29, 1.82) is 0 Å². The first-order valence-electron chi connectivity index (χ1n) is 15.0. The van der Waals surface area contributed by atoms with Crippen LogP contribution in [0.3, 0.4) is 0 Å². The summed E-state index contributed by atoms with van der Waals surface area (Å²) in [5.41, 5.74) is 0. The molecule has 1 N–H and O–H groups in total. The van der Waals surface area contributed by atoms with Crippen LogP contribution in [0.5, 0.6) is 0 Å². The van der Waals surface area contributed by atoms with Gasteiger partial charge in [-0.3, -0.25) is 9.59 Å². The topological polar surface area (TPSA) is 63.6 Å². The van der Waals surface area contributed by atoms with Crippen LogP contribution in [-0.2, 0) is 14.3 Å². The highest BCUT2D eigenvalue weighted by Crippen LogP contribution is 2.27. The molecule has 0 aliphatic rings. The predicted molar refractivity (Wildman–Crippen MR) is 149 cm³/mol. The summed E-state index contributed by atoms with van der Waals surface area (Å²) in [7, 11) is 1.38. The number of rotatable bonds is 26. The van der Waals surface area contributed by atoms with Gasteiger partial charge >= 0.3 is 11.9 Å². The lowest BCUT2D eigenvalue weighted by molar-refractivity contribution is -0.156. The van der Waals surface area contributed by atoms with Gasteiger partial charge in [-0.15, -0.1) is 0 Å². The third-order valence-electron chi connectivity index (χ3n) is 7.20. The Morgan fingerprint density at radius 2 is 0.971 bits per heavy atom. The minimum atomic E-state index is -0.849. The summed E-state index contributed by atoms with van der Waals surface area (Å²) in [6.07, 6.45) is 29.9. The standard InChI is InChI=1S/C31H58O4/c1-4-6-8-10-12-14-15-16-17-18-19-21-22-24-26-28(30(32)33)29(31(34)35-3)27-25-23-20-13-11-9-7-5-2/h16-17,28-29H,4-15,18-27H2,1-3H3,(H,32,33)/b17-16-. The SMILES string of the molecule is CCCCCCCC/C=C\CCCCCCC(C(=O)O)C(CCCCCCCCCC)C(=O)OC. The van der Waals surface area contributed by atoms with Crippen LogP contribution in [0.25, 0.3) is 0 Å². The van der Waals surface area contributed by atoms with Crippen molar-refractivity contribution >= 4 is 11.9 Å². The lowest BCUT2D eigenvalue weighted by Gasteiger charge is -2.22. The van der Waals surface area contributed by atoms with E-state index >= 15 is 0 Å². The maximum atomic E-state index is 12.4. The fourth-order valence-electron chi connectivity index (χ4n) is 4.89. The van der Waals surface area contributed by atoms with E-state index in [2.05, 4.69) is 26.0 Å². The molecule has 0 heterocycles. The number of hydrogen-bond acceptors (Lipinski definition) is 3. The Morgan fingerprint density at radius 3 is 1.37 bits per heavy atom. The summed E-state index contributed by atoms with van der Waals surface area (Å²) in [5.74, 6) is -2.33. The number of carbonyl (C=O) groups excluding carboxylic acids is 1. The van der Waals surface area contributed by atoms with Crippen molar-refractivity contribution in [3.63, 3.8) is 0 Å². The van der Waals surface area contributed by atoms with Gasteiger partial charge in [-0.1, -0.05) is 129 Å². The summed E-state index contributed by atoms with van der Waals surface area (Å²) in [6, 6.07) is 0. The van der Waals surface area contributed by atoms with Gasteiger partial charge in [0.25, 0.3) is 0 Å². The average molecular weight is 495 g/mol. The number of carbonyl (C=O) groups is 2. The summed E-state index contributed by atoms with van der Waals surface area (Å²) >= 11 is 0. The number of hydrogen-bond donors (Lipinski definition) is 1. The molecule has 0 aliphatic carbocycles. The number of unbranched alkanes of at least 4 members (excludes halogenated alkanes) is 17. The Hall–Kier alpha value is -1.32. The zero-order valence-electron chi connectivity index (χ0n) is 23.5. The summed E-state index contributed by atoms with van der Waals surface area (Å²) in [5, 5.41) is 9.80. The molecule has 0 spiro atoms. The van der Waals surface area contributed by atoms with Crippen LogP contribution in [0.15, 0.2) is 12.2 Å². The maximum Gasteiger partial charge on any atom is 0.309 e. The lowest BCUT2D eigenvalue weighted by Crippen LogP contribution is -2.31. The molecule has 0 saturated carbocycles. The van der Waals surface area contributed by atoms with E-state index in [0.29, 0.717) is 12.8 Å². The van der Waals surface area contributed by atoms with Gasteiger partial charge in [0.2, 0.25) is 0 Å². The highest BCUT2D eigenvalue weighted by atomic mass is 16.5. The molecule has 0 aromatic rings. The average Bonchev–Trinajstić information content (AvgIpc) is 2.85. The fourth-order valence-corrected chi connectivity index (χ4v) is 4.89. The Morgan fingerprint density at radius 1 is 0.600 bits per heavy atom. The van der Waals surface area contributed by atoms with Gasteiger partial charge < -0.3 is 9.84 Å². The molecule has 4 heteroatoms. The van der Waals surface area contributed by atoms with E-state index in [1.54, 1.807) is 0 Å². The Balaban J connectivity index is 4.08. The van der Waals surface area contributed by atoms with Gasteiger partial charge in [0, 0.05) is 0 Å². The zero-order valence-corrected chi connectivity index (χ0v) is 23.5. The number of allylic oxidation sites excluding steroid dienone is 2. The Kier molecular flexibility index (Phi) is 24.8. The molecule has 35 heavy (non-hydrogen) atoms. The van der Waals surface area contributed by atoms with E-state index in [0.717, 1.165) is 44.9 Å². The van der Waals surface area contributed by atoms with Crippen LogP contribution >= 0.6 is 0 Å². The summed E-state index contributed by atoms with van der Waals surface area (Å²) in [6.45, 7) is 4.48. The number of methoxy groups -OCH3 is 1. The molecule has 0 aromatic carbocycles. The van der Waals surface area contributed by atoms with Crippen molar-refractivity contribution < 1.29 is 19.4 Å². The second-order valence-corrected chi connectivity index (χ2v) is 10.4. The molecule has 4 nitrogen and oxygen atoms in total. The molecule has 0 rings (SSSR count). The fraction of sp³-hybridized carbons (Fsp3) is 0.871. The quantitative estimate of drug-likeness (QED) is 0.0738. The van der Waals surface area contributed by atoms with E-state index in [1.165, 1.54) is 90.6 Å². The number of carboxylic acid groups (broad SMARTS) is 1. The van der Waals surface area contributed by atoms with E-state index in [4.69, 9.17) is 4.74 Å². The third kappa shape index (κ3) is 20.6. The van der Waals surface area contributed by atoms with E-state index in [1.807, 2.05) is 0 Å². The van der Waals surface area contributed by atoms with Crippen LogP contribution < -0.4 is 0 Å². The molecular formula is C31H58O4. The molecular weight excluding hydrogens is 436 g/mol. The van der Waals surface area contributed by atoms with Crippen molar-refractivity contribution in [3.8, 4) is 0 Å². The van der Waals surface area contributed by atoms with Crippen LogP contribution in [-0.4, -0.2) is 24.2 Å². The predicted octanol–water partition coefficient (Wildman–Crippen LogP) is 9.65. The first-order chi connectivity index (χ1) is 17.1. The van der Waals surface area contributed by atoms with Crippen molar-refractivity contribution in [1.82, 2.24) is 0 Å². The van der Waals surface area contributed by atoms with Gasteiger partial charge in [-0.05, 0) is 38.5 Å². The van der Waals surface area contributed by atoms with E-state index in [-0.39, 0.29) is 5.97 Å². The van der Waals surface area contributed by atoms with Crippen molar-refractivity contribution in [3.05, 3.63) is 12.2 Å². The zero-order chi connectivity index (χ0) is 26.0. The normalized spacial score (nSPS) is 13.2. The molecule has 0 saturated heterocycles. The number of ether oxygens (including phenoxy) is 1. The molecule has 0 aliphatic heterocycles. The molecule has 0 radical (unpaired) electrons. The van der Waals surface area contributed by atoms with E-state index in [9.17, 15) is 14.7 Å². The molecule has 206 valence electrons. The van der Waals surface area contributed by atoms with Gasteiger partial charge in [0.05, 0.1) is 18.9 Å². The first-order valence-corrected chi connectivity index (χ1v) is 15.0. The second kappa shape index (κ2) is 25.8. The maximum absolute atomic E-state index is 12.4. The highest BCUT2D eigenvalue weighted by molar-refractivity contribution is 5.81.